The number of hydrogen-bond acceptors (Lipinski definition) is 4. The van der Waals surface area contributed by atoms with E-state index in [1.165, 1.54) is 0 Å². The van der Waals surface area contributed by atoms with Crippen LogP contribution >= 0.6 is 20.6 Å². The molecule has 0 fully saturated rings. The van der Waals surface area contributed by atoms with E-state index in [1.807, 2.05) is 25.1 Å². The second-order valence-electron chi connectivity index (χ2n) is 5.38. The van der Waals surface area contributed by atoms with Gasteiger partial charge in [0.1, 0.15) is 0 Å². The van der Waals surface area contributed by atoms with Crippen LogP contribution in [-0.2, 0) is 10.9 Å². The Bertz CT molecular complexity index is 794. The van der Waals surface area contributed by atoms with Crippen molar-refractivity contribution in [2.45, 2.75) is 13.8 Å². The molecule has 2 aromatic rings. The maximum absolute atomic E-state index is 12.4. The molecule has 0 bridgehead atoms. The fourth-order valence-electron chi connectivity index (χ4n) is 1.75. The van der Waals surface area contributed by atoms with Gasteiger partial charge >= 0.3 is 156 Å². The van der Waals surface area contributed by atoms with Crippen molar-refractivity contribution in [3.63, 3.8) is 0 Å². The molecule has 0 atom stereocenters. The third-order valence-electron chi connectivity index (χ3n) is 3.15. The van der Waals surface area contributed by atoms with E-state index in [-0.39, 0.29) is 5.57 Å². The fourth-order valence-corrected chi connectivity index (χ4v) is 4.71. The maximum atomic E-state index is 12.4. The number of halogens is 1. The van der Waals surface area contributed by atoms with Crippen LogP contribution in [0.4, 0.5) is 0 Å². The molecular formula is C20H19IO4. The van der Waals surface area contributed by atoms with Crippen LogP contribution < -0.4 is 0 Å². The average molecular weight is 450 g/mol. The van der Waals surface area contributed by atoms with Gasteiger partial charge < -0.3 is 0 Å². The summed E-state index contributed by atoms with van der Waals surface area (Å²) in [5.74, 6) is -1.07. The van der Waals surface area contributed by atoms with Crippen molar-refractivity contribution in [2.24, 2.45) is 0 Å². The van der Waals surface area contributed by atoms with Gasteiger partial charge in [0.05, 0.1) is 0 Å². The number of allylic oxidation sites excluding steroid dienone is 1. The molecule has 0 unspecified atom stereocenters. The Balaban J connectivity index is 2.20. The first-order chi connectivity index (χ1) is 11.9. The molecular weight excluding hydrogens is 431 g/mol. The Kier molecular flexibility index (Phi) is 6.52. The summed E-state index contributed by atoms with van der Waals surface area (Å²) in [4.78, 5) is 24.3. The summed E-state index contributed by atoms with van der Waals surface area (Å²) in [7, 11) is 0. The number of carbonyl (C=O) groups excluding carboxylic acids is 2. The summed E-state index contributed by atoms with van der Waals surface area (Å²) in [5.41, 5.74) is 2.52. The van der Waals surface area contributed by atoms with Crippen molar-refractivity contribution < 1.29 is 15.7 Å². The molecule has 0 aliphatic rings. The van der Waals surface area contributed by atoms with Crippen LogP contribution in [0.1, 0.15) is 29.8 Å². The first-order valence-electron chi connectivity index (χ1n) is 7.50. The SMILES string of the molecule is C=C(C)C(=O)OI(OC(=O)c1ccc(C(=C)C)cc1)c1ccccc1. The third-order valence-corrected chi connectivity index (χ3v) is 6.49. The molecule has 0 heterocycles. The van der Waals surface area contributed by atoms with Gasteiger partial charge in [0.15, 0.2) is 0 Å². The molecule has 2 rings (SSSR count). The number of rotatable bonds is 6. The molecule has 0 N–H and O–H groups in total. The van der Waals surface area contributed by atoms with Crippen LogP contribution in [0.3, 0.4) is 0 Å². The molecule has 130 valence electrons. The van der Waals surface area contributed by atoms with Gasteiger partial charge in [-0.25, -0.2) is 0 Å². The molecule has 0 radical (unpaired) electrons. The van der Waals surface area contributed by atoms with Crippen molar-refractivity contribution >= 4 is 38.2 Å². The molecule has 5 heteroatoms. The van der Waals surface area contributed by atoms with E-state index >= 15 is 0 Å². The van der Waals surface area contributed by atoms with Crippen molar-refractivity contribution in [1.29, 1.82) is 0 Å². The fraction of sp³-hybridized carbons (Fsp3) is 0.100. The van der Waals surface area contributed by atoms with Crippen LogP contribution in [0, 0.1) is 3.57 Å². The molecule has 0 amide bonds. The Morgan fingerprint density at radius 1 is 0.840 bits per heavy atom. The molecule has 0 aliphatic carbocycles. The van der Waals surface area contributed by atoms with Gasteiger partial charge in [0.2, 0.25) is 0 Å². The van der Waals surface area contributed by atoms with E-state index in [0.29, 0.717) is 9.13 Å². The molecule has 4 nitrogen and oxygen atoms in total. The molecule has 0 saturated heterocycles. The van der Waals surface area contributed by atoms with Crippen molar-refractivity contribution in [3.05, 3.63) is 88.0 Å². The van der Waals surface area contributed by atoms with E-state index in [9.17, 15) is 9.59 Å². The van der Waals surface area contributed by atoms with Gasteiger partial charge in [-0.1, -0.05) is 0 Å². The molecule has 0 saturated carbocycles. The second-order valence-corrected chi connectivity index (χ2v) is 8.75. The zero-order valence-corrected chi connectivity index (χ0v) is 16.3. The van der Waals surface area contributed by atoms with Crippen LogP contribution in [0.25, 0.3) is 5.57 Å². The summed E-state index contributed by atoms with van der Waals surface area (Å²) in [6.45, 7) is 10.9. The monoisotopic (exact) mass is 450 g/mol. The second kappa shape index (κ2) is 8.62. The van der Waals surface area contributed by atoms with Gasteiger partial charge in [0.25, 0.3) is 0 Å². The Morgan fingerprint density at radius 2 is 1.40 bits per heavy atom. The number of carbonyl (C=O) groups is 2. The average Bonchev–Trinajstić information content (AvgIpc) is 2.61. The minimum absolute atomic E-state index is 0.264. The molecule has 25 heavy (non-hydrogen) atoms. The van der Waals surface area contributed by atoms with Crippen LogP contribution in [0.15, 0.2) is 73.3 Å². The van der Waals surface area contributed by atoms with E-state index in [4.69, 9.17) is 6.13 Å². The third kappa shape index (κ3) is 5.29. The molecule has 2 aromatic carbocycles. The van der Waals surface area contributed by atoms with E-state index < -0.39 is 32.6 Å². The zero-order valence-electron chi connectivity index (χ0n) is 14.1. The summed E-state index contributed by atoms with van der Waals surface area (Å²) >= 11 is -2.95. The van der Waals surface area contributed by atoms with E-state index in [2.05, 4.69) is 13.2 Å². The standard InChI is InChI=1S/C20H19IO4/c1-14(2)16-10-12-17(13-11-16)20(23)25-21(24-19(22)15(3)4)18-8-6-5-7-9-18/h5-13H,1,3H2,2,4H3. The van der Waals surface area contributed by atoms with Crippen molar-refractivity contribution in [2.75, 3.05) is 0 Å². The van der Waals surface area contributed by atoms with Gasteiger partial charge in [-0.3, -0.25) is 0 Å². The van der Waals surface area contributed by atoms with Crippen LogP contribution in [0.5, 0.6) is 0 Å². The summed E-state index contributed by atoms with van der Waals surface area (Å²) in [5, 5.41) is 0. The topological polar surface area (TPSA) is 52.6 Å². The zero-order chi connectivity index (χ0) is 18.4. The Labute approximate surface area is 155 Å². The van der Waals surface area contributed by atoms with Crippen LogP contribution in [0.2, 0.25) is 0 Å². The first kappa shape index (κ1) is 18.9. The van der Waals surface area contributed by atoms with Crippen molar-refractivity contribution in [3.8, 4) is 0 Å². The summed E-state index contributed by atoms with van der Waals surface area (Å²) in [6.07, 6.45) is 0. The van der Waals surface area contributed by atoms with E-state index in [0.717, 1.165) is 11.1 Å². The normalized spacial score (nSPS) is 10.6. The molecule has 0 aromatic heterocycles. The van der Waals surface area contributed by atoms with Gasteiger partial charge in [0, 0.05) is 0 Å². The molecule has 0 aliphatic heterocycles. The molecule has 0 spiro atoms. The number of hydrogen-bond donors (Lipinski definition) is 0. The van der Waals surface area contributed by atoms with Gasteiger partial charge in [-0.2, -0.15) is 0 Å². The number of benzene rings is 2. The van der Waals surface area contributed by atoms with E-state index in [1.54, 1.807) is 43.3 Å². The van der Waals surface area contributed by atoms with Gasteiger partial charge in [-0.15, -0.1) is 0 Å². The predicted molar refractivity (Wildman–Crippen MR) is 107 cm³/mol. The summed E-state index contributed by atoms with van der Waals surface area (Å²) in [6, 6.07) is 16.0. The van der Waals surface area contributed by atoms with Gasteiger partial charge in [-0.05, 0) is 0 Å². The summed E-state index contributed by atoms with van der Waals surface area (Å²) < 4.78 is 11.7. The quantitative estimate of drug-likeness (QED) is 0.449. The predicted octanol–water partition coefficient (Wildman–Crippen LogP) is 5.20. The minimum atomic E-state index is -2.95. The Morgan fingerprint density at radius 3 is 1.92 bits per heavy atom. The van der Waals surface area contributed by atoms with Crippen LogP contribution in [-0.4, -0.2) is 11.9 Å². The Hall–Kier alpha value is -2.41. The first-order valence-corrected chi connectivity index (χ1v) is 10.3. The van der Waals surface area contributed by atoms with Crippen molar-refractivity contribution in [1.82, 2.24) is 0 Å².